The number of aromatic nitrogens is 2. The van der Waals surface area contributed by atoms with E-state index in [1.54, 1.807) is 36.4 Å². The van der Waals surface area contributed by atoms with Crippen LogP contribution in [-0.2, 0) is 6.18 Å². The Bertz CT molecular complexity index is 3740. The third-order valence-electron chi connectivity index (χ3n) is 11.9. The molecule has 0 unspecified atom stereocenters. The maximum atomic E-state index is 15.2. The number of rotatable bonds is 5. The molecule has 0 aliphatic rings. The van der Waals surface area contributed by atoms with E-state index in [2.05, 4.69) is 30.3 Å². The van der Waals surface area contributed by atoms with E-state index in [1.165, 1.54) is 24.3 Å². The van der Waals surface area contributed by atoms with E-state index in [-0.39, 0.29) is 55.9 Å². The van der Waals surface area contributed by atoms with Gasteiger partial charge in [-0.2, -0.15) is 44.7 Å². The maximum Gasteiger partial charge on any atom is 0.417 e. The molecule has 10 aromatic rings. The van der Waals surface area contributed by atoms with Crippen molar-refractivity contribution in [1.82, 2.24) is 9.13 Å². The number of benzene rings is 8. The Morgan fingerprint density at radius 3 is 1.18 bits per heavy atom. The third-order valence-corrected chi connectivity index (χ3v) is 11.9. The van der Waals surface area contributed by atoms with E-state index in [9.17, 15) is 31.6 Å². The molecule has 2 aromatic heterocycles. The summed E-state index contributed by atoms with van der Waals surface area (Å²) in [6.07, 6.45) is -4.87. The molecule has 0 aliphatic carbocycles. The van der Waals surface area contributed by atoms with Crippen LogP contribution in [0.5, 0.6) is 0 Å². The zero-order chi connectivity index (χ0) is 45.9. The standard InChI is InChI=1S/C55H25F3N8/c56-55(57,58)48-21-32(26-59)9-12-42(48)41-24-53(65-49-7-3-1-5-43(49)45-13-10-37(22-51(45)65)39-17-33(27-60)15-34(18-39)28-61)47(31-64)54(25-41)66-50-8-4-2-6-44(50)46-14-11-38(23-52(46)66)40-19-35(29-62)16-36(20-40)30-63/h1-25H. The van der Waals surface area contributed by atoms with Gasteiger partial charge in [0.1, 0.15) is 11.6 Å². The lowest BCUT2D eigenvalue weighted by atomic mass is 9.94. The van der Waals surface area contributed by atoms with Crippen LogP contribution in [0.25, 0.3) is 88.4 Å². The lowest BCUT2D eigenvalue weighted by molar-refractivity contribution is -0.137. The highest BCUT2D eigenvalue weighted by Gasteiger charge is 2.35. The van der Waals surface area contributed by atoms with Gasteiger partial charge in [0.2, 0.25) is 0 Å². The fraction of sp³-hybridized carbons (Fsp3) is 0.0182. The molecule has 8 nitrogen and oxygen atoms in total. The van der Waals surface area contributed by atoms with Crippen LogP contribution in [0.3, 0.4) is 0 Å². The maximum absolute atomic E-state index is 15.2. The van der Waals surface area contributed by atoms with Crippen molar-refractivity contribution in [2.45, 2.75) is 6.18 Å². The van der Waals surface area contributed by atoms with Crippen molar-refractivity contribution in [3.8, 4) is 81.2 Å². The zero-order valence-electron chi connectivity index (χ0n) is 34.1. The number of fused-ring (bicyclic) bond motifs is 6. The highest BCUT2D eigenvalue weighted by atomic mass is 19.4. The monoisotopic (exact) mass is 854 g/mol. The number of halogens is 3. The van der Waals surface area contributed by atoms with Gasteiger partial charge in [0.25, 0.3) is 0 Å². The Morgan fingerprint density at radius 2 is 0.773 bits per heavy atom. The molecule has 0 saturated carbocycles. The Balaban J connectivity index is 1.36. The smallest absolute Gasteiger partial charge is 0.308 e. The van der Waals surface area contributed by atoms with E-state index in [1.807, 2.05) is 100 Å². The third kappa shape index (κ3) is 6.51. The molecule has 0 atom stereocenters. The summed E-state index contributed by atoms with van der Waals surface area (Å²) in [5, 5.41) is 63.6. The van der Waals surface area contributed by atoms with Crippen molar-refractivity contribution < 1.29 is 13.2 Å². The predicted molar refractivity (Wildman–Crippen MR) is 245 cm³/mol. The summed E-state index contributed by atoms with van der Waals surface area (Å²) in [5.74, 6) is 0. The van der Waals surface area contributed by atoms with Gasteiger partial charge in [0.05, 0.1) is 97.2 Å². The zero-order valence-corrected chi connectivity index (χ0v) is 34.1. The number of alkyl halides is 3. The van der Waals surface area contributed by atoms with Crippen LogP contribution in [0.4, 0.5) is 13.2 Å². The SMILES string of the molecule is N#Cc1cc(C#N)cc(-c2ccc3c4ccccc4n(-c4cc(-c5ccc(C#N)cc5C(F)(F)F)cc(-n5c6ccccc6c6ccc(-c7cc(C#N)cc(C#N)c7)cc65)c4C#N)c3c2)c1. The molecular weight excluding hydrogens is 830 g/mol. The minimum absolute atomic E-state index is 0.112. The predicted octanol–water partition coefficient (Wildman–Crippen LogP) is 13.1. The summed E-state index contributed by atoms with van der Waals surface area (Å²) in [7, 11) is 0. The van der Waals surface area contributed by atoms with Crippen molar-refractivity contribution in [2.75, 3.05) is 0 Å². The molecule has 0 bridgehead atoms. The molecule has 0 amide bonds. The van der Waals surface area contributed by atoms with Gasteiger partial charge in [-0.15, -0.1) is 0 Å². The highest BCUT2D eigenvalue weighted by Crippen LogP contribution is 2.44. The molecule has 0 N–H and O–H groups in total. The van der Waals surface area contributed by atoms with Crippen molar-refractivity contribution in [3.63, 3.8) is 0 Å². The van der Waals surface area contributed by atoms with Gasteiger partial charge in [-0.1, -0.05) is 66.7 Å². The average molecular weight is 855 g/mol. The van der Waals surface area contributed by atoms with E-state index in [0.717, 1.165) is 27.6 Å². The van der Waals surface area contributed by atoms with Gasteiger partial charge >= 0.3 is 6.18 Å². The van der Waals surface area contributed by atoms with Gasteiger partial charge in [-0.05, 0) is 118 Å². The summed E-state index contributed by atoms with van der Waals surface area (Å²) in [6.45, 7) is 0. The Morgan fingerprint density at radius 1 is 0.348 bits per heavy atom. The van der Waals surface area contributed by atoms with E-state index in [4.69, 9.17) is 0 Å². The Kier molecular flexibility index (Phi) is 9.41. The molecule has 0 saturated heterocycles. The molecule has 10 rings (SSSR count). The number of nitrogens with zero attached hydrogens (tertiary/aromatic N) is 8. The van der Waals surface area contributed by atoms with Crippen LogP contribution in [0, 0.1) is 68.0 Å². The van der Waals surface area contributed by atoms with Crippen LogP contribution in [0.1, 0.15) is 38.9 Å². The fourth-order valence-electron chi connectivity index (χ4n) is 9.00. The second-order valence-electron chi connectivity index (χ2n) is 15.6. The summed E-state index contributed by atoms with van der Waals surface area (Å²) in [6, 6.07) is 55.3. The van der Waals surface area contributed by atoms with E-state index in [0.29, 0.717) is 44.3 Å². The molecular formula is C55H25F3N8. The fourth-order valence-corrected chi connectivity index (χ4v) is 9.00. The van der Waals surface area contributed by atoms with Crippen LogP contribution < -0.4 is 0 Å². The Hall–Kier alpha value is -9.91. The van der Waals surface area contributed by atoms with Gasteiger partial charge < -0.3 is 9.13 Å². The molecule has 0 spiro atoms. The summed E-state index contributed by atoms with van der Waals surface area (Å²) in [4.78, 5) is 0. The van der Waals surface area contributed by atoms with Gasteiger partial charge in [0, 0.05) is 21.5 Å². The molecule has 0 aliphatic heterocycles. The molecule has 2 heterocycles. The molecule has 306 valence electrons. The first-order valence-corrected chi connectivity index (χ1v) is 20.2. The lowest BCUT2D eigenvalue weighted by Gasteiger charge is -2.20. The normalized spacial score (nSPS) is 11.2. The van der Waals surface area contributed by atoms with Crippen molar-refractivity contribution >= 4 is 43.6 Å². The van der Waals surface area contributed by atoms with Gasteiger partial charge in [-0.3, -0.25) is 0 Å². The van der Waals surface area contributed by atoms with Gasteiger partial charge in [0.15, 0.2) is 0 Å². The molecule has 66 heavy (non-hydrogen) atoms. The highest BCUT2D eigenvalue weighted by molar-refractivity contribution is 6.12. The minimum atomic E-state index is -4.87. The summed E-state index contributed by atoms with van der Waals surface area (Å²) < 4.78 is 49.2. The molecule has 11 heteroatoms. The first-order valence-electron chi connectivity index (χ1n) is 20.2. The lowest BCUT2D eigenvalue weighted by Crippen LogP contribution is -2.09. The largest absolute Gasteiger partial charge is 0.417 e. The number of para-hydroxylation sites is 2. The van der Waals surface area contributed by atoms with Crippen LogP contribution in [0.15, 0.2) is 152 Å². The first-order chi connectivity index (χ1) is 32.0. The summed E-state index contributed by atoms with van der Waals surface area (Å²) in [5.41, 5.74) is 5.46. The van der Waals surface area contributed by atoms with Crippen molar-refractivity contribution in [3.05, 3.63) is 191 Å². The number of nitriles is 6. The van der Waals surface area contributed by atoms with Crippen molar-refractivity contribution in [2.24, 2.45) is 0 Å². The number of hydrogen-bond donors (Lipinski definition) is 0. The van der Waals surface area contributed by atoms with Crippen molar-refractivity contribution in [1.29, 1.82) is 31.6 Å². The molecule has 8 aromatic carbocycles. The quantitative estimate of drug-likeness (QED) is 0.168. The van der Waals surface area contributed by atoms with E-state index < -0.39 is 11.7 Å². The van der Waals surface area contributed by atoms with Crippen LogP contribution >= 0.6 is 0 Å². The number of hydrogen-bond acceptors (Lipinski definition) is 6. The summed E-state index contributed by atoms with van der Waals surface area (Å²) >= 11 is 0. The molecule has 0 fully saturated rings. The van der Waals surface area contributed by atoms with E-state index >= 15 is 13.2 Å². The first kappa shape index (κ1) is 40.2. The second-order valence-corrected chi connectivity index (χ2v) is 15.6. The van der Waals surface area contributed by atoms with Gasteiger partial charge in [-0.25, -0.2) is 0 Å². The Labute approximate surface area is 374 Å². The average Bonchev–Trinajstić information content (AvgIpc) is 3.87. The van der Waals surface area contributed by atoms with Crippen LogP contribution in [-0.4, -0.2) is 9.13 Å². The minimum Gasteiger partial charge on any atom is -0.308 e. The van der Waals surface area contributed by atoms with Crippen LogP contribution in [0.2, 0.25) is 0 Å². The molecule has 0 radical (unpaired) electrons. The second kappa shape index (κ2) is 15.5. The topological polar surface area (TPSA) is 153 Å².